The molecule has 1 N–H and O–H groups in total. The highest BCUT2D eigenvalue weighted by molar-refractivity contribution is 5.67. The van der Waals surface area contributed by atoms with Gasteiger partial charge in [0.25, 0.3) is 0 Å². The number of alkyl halides is 3. The van der Waals surface area contributed by atoms with Crippen LogP contribution in [0.1, 0.15) is 41.5 Å². The molecule has 0 aliphatic carbocycles. The minimum Gasteiger partial charge on any atom is -0.434 e. The molecule has 0 spiro atoms. The number of carbonyl (C=O) groups excluding carboxylic acids is 1. The molecule has 0 aliphatic heterocycles. The van der Waals surface area contributed by atoms with Crippen LogP contribution in [0.4, 0.5) is 18.0 Å². The zero-order chi connectivity index (χ0) is 14.0. The number of halogens is 3. The van der Waals surface area contributed by atoms with Crippen molar-refractivity contribution in [3.63, 3.8) is 0 Å². The van der Waals surface area contributed by atoms with Gasteiger partial charge in [0, 0.05) is 7.05 Å². The summed E-state index contributed by atoms with van der Waals surface area (Å²) in [4.78, 5) is 10.4. The number of amides is 1. The summed E-state index contributed by atoms with van der Waals surface area (Å²) in [5.74, 6) is 0. The summed E-state index contributed by atoms with van der Waals surface area (Å²) in [6, 6.07) is 0. The van der Waals surface area contributed by atoms with Crippen LogP contribution < -0.4 is 5.32 Å². The third-order valence-corrected chi connectivity index (χ3v) is 1.23. The number of hydrogen-bond acceptors (Lipinski definition) is 2. The molecule has 6 heteroatoms. The van der Waals surface area contributed by atoms with Crippen LogP contribution in [0.5, 0.6) is 0 Å². The smallest absolute Gasteiger partial charge is 0.427 e. The number of alkyl carbamates (subject to hydrolysis) is 1. The van der Waals surface area contributed by atoms with E-state index in [2.05, 4.69) is 4.74 Å². The maximum Gasteiger partial charge on any atom is 0.427 e. The van der Waals surface area contributed by atoms with Crippen molar-refractivity contribution in [2.45, 2.75) is 53.3 Å². The molecule has 0 atom stereocenters. The predicted molar refractivity (Wildman–Crippen MR) is 58.4 cm³/mol. The topological polar surface area (TPSA) is 38.3 Å². The molecule has 100 valence electrons. The lowest BCUT2D eigenvalue weighted by molar-refractivity contribution is -0.243. The number of hydrogen-bond donors (Lipinski definition) is 1. The molecule has 3 nitrogen and oxygen atoms in total. The van der Waals surface area contributed by atoms with Crippen molar-refractivity contribution in [2.24, 2.45) is 0 Å². The predicted octanol–water partition coefficient (Wildman–Crippen LogP) is 3.74. The van der Waals surface area contributed by atoms with Gasteiger partial charge in [-0.15, -0.1) is 0 Å². The first kappa shape index (κ1) is 20.5. The van der Waals surface area contributed by atoms with Crippen LogP contribution in [0.25, 0.3) is 0 Å². The van der Waals surface area contributed by atoms with Gasteiger partial charge in [-0.25, -0.2) is 4.79 Å². The second kappa shape index (κ2) is 9.30. The minimum absolute atomic E-state index is 0.780. The average molecular weight is 245 g/mol. The molecule has 0 rings (SSSR count). The molecule has 0 radical (unpaired) electrons. The van der Waals surface area contributed by atoms with Gasteiger partial charge in [0.15, 0.2) is 0 Å². The lowest BCUT2D eigenvalue weighted by atomic mass is 10.1. The number of ether oxygens (including phenoxy) is 1. The number of nitrogens with one attached hydrogen (secondary N) is 1. The van der Waals surface area contributed by atoms with Crippen LogP contribution in [-0.2, 0) is 4.74 Å². The van der Waals surface area contributed by atoms with Gasteiger partial charge in [0.2, 0.25) is 5.60 Å². The number of carbonyl (C=O) groups is 1. The lowest BCUT2D eigenvalue weighted by Crippen LogP contribution is -2.45. The second-order valence-corrected chi connectivity index (χ2v) is 2.65. The summed E-state index contributed by atoms with van der Waals surface area (Å²) in [6.45, 7) is 9.56. The fourth-order valence-corrected chi connectivity index (χ4v) is 0.341. The maximum atomic E-state index is 12.0. The Labute approximate surface area is 95.4 Å². The third kappa shape index (κ3) is 8.38. The average Bonchev–Trinajstić information content (AvgIpc) is 2.21. The molecular weight excluding hydrogens is 223 g/mol. The van der Waals surface area contributed by atoms with E-state index >= 15 is 0 Å². The minimum atomic E-state index is -4.56. The van der Waals surface area contributed by atoms with Crippen LogP contribution in [0.2, 0.25) is 0 Å². The van der Waals surface area contributed by atoms with Crippen molar-refractivity contribution in [1.29, 1.82) is 0 Å². The maximum absolute atomic E-state index is 12.0. The summed E-state index contributed by atoms with van der Waals surface area (Å²) < 4.78 is 40.2. The Kier molecular flexibility index (Phi) is 11.9. The Morgan fingerprint density at radius 3 is 1.56 bits per heavy atom. The molecular formula is C10H22F3NO2. The molecule has 1 amide bonds. The molecule has 0 unspecified atom stereocenters. The van der Waals surface area contributed by atoms with Crippen molar-refractivity contribution in [3.05, 3.63) is 0 Å². The highest BCUT2D eigenvalue weighted by Gasteiger charge is 2.50. The fraction of sp³-hybridized carbons (Fsp3) is 0.900. The second-order valence-electron chi connectivity index (χ2n) is 2.65. The molecule has 0 saturated carbocycles. The molecule has 0 aromatic carbocycles. The fourth-order valence-electron chi connectivity index (χ4n) is 0.341. The van der Waals surface area contributed by atoms with E-state index in [0.717, 1.165) is 13.8 Å². The molecule has 0 fully saturated rings. The Balaban J connectivity index is -0.000000376. The van der Waals surface area contributed by atoms with Crippen LogP contribution in [0, 0.1) is 0 Å². The van der Waals surface area contributed by atoms with Gasteiger partial charge in [-0.3, -0.25) is 0 Å². The molecule has 0 heterocycles. The zero-order valence-electron chi connectivity index (χ0n) is 11.0. The van der Waals surface area contributed by atoms with E-state index in [9.17, 15) is 18.0 Å². The van der Waals surface area contributed by atoms with E-state index in [-0.39, 0.29) is 0 Å². The van der Waals surface area contributed by atoms with E-state index < -0.39 is 17.9 Å². The van der Waals surface area contributed by atoms with Crippen molar-refractivity contribution in [2.75, 3.05) is 7.05 Å². The summed E-state index contributed by atoms with van der Waals surface area (Å²) in [7, 11) is 1.19. The van der Waals surface area contributed by atoms with Crippen LogP contribution in [0.3, 0.4) is 0 Å². The van der Waals surface area contributed by atoms with Crippen molar-refractivity contribution in [1.82, 2.24) is 5.32 Å². The summed E-state index contributed by atoms with van der Waals surface area (Å²) in [6.07, 6.45) is -5.66. The monoisotopic (exact) mass is 245 g/mol. The summed E-state index contributed by atoms with van der Waals surface area (Å²) >= 11 is 0. The van der Waals surface area contributed by atoms with E-state index in [1.807, 2.05) is 33.0 Å². The molecule has 0 aliphatic rings. The Hall–Kier alpha value is -0.940. The molecule has 0 bridgehead atoms. The van der Waals surface area contributed by atoms with Gasteiger partial charge in [0.05, 0.1) is 0 Å². The first-order valence-corrected chi connectivity index (χ1v) is 5.18. The normalized spacial score (nSPS) is 10.1. The van der Waals surface area contributed by atoms with Crippen molar-refractivity contribution < 1.29 is 22.7 Å². The van der Waals surface area contributed by atoms with E-state index in [1.54, 1.807) is 0 Å². The molecule has 0 aromatic rings. The Morgan fingerprint density at radius 2 is 1.38 bits per heavy atom. The third-order valence-electron chi connectivity index (χ3n) is 1.23. The molecule has 0 saturated heterocycles. The Morgan fingerprint density at radius 1 is 1.06 bits per heavy atom. The summed E-state index contributed by atoms with van der Waals surface area (Å²) in [5.41, 5.74) is -2.45. The highest BCUT2D eigenvalue weighted by Crippen LogP contribution is 2.32. The van der Waals surface area contributed by atoms with E-state index in [0.29, 0.717) is 0 Å². The van der Waals surface area contributed by atoms with E-state index in [4.69, 9.17) is 0 Å². The standard InChI is InChI=1S/C6H10F3NO2.2C2H6/c1-5(2,6(7,8)9)12-4(11)10-3;2*1-2/h1-3H3,(H,10,11);2*1-2H3. The SMILES string of the molecule is CC.CC.CNC(=O)OC(C)(C)C(F)(F)F. The zero-order valence-corrected chi connectivity index (χ0v) is 11.0. The lowest BCUT2D eigenvalue weighted by Gasteiger charge is -2.27. The van der Waals surface area contributed by atoms with Gasteiger partial charge in [-0.05, 0) is 13.8 Å². The largest absolute Gasteiger partial charge is 0.434 e. The van der Waals surface area contributed by atoms with Crippen molar-refractivity contribution >= 4 is 6.09 Å². The quantitative estimate of drug-likeness (QED) is 0.764. The van der Waals surface area contributed by atoms with Gasteiger partial charge in [-0.1, -0.05) is 27.7 Å². The van der Waals surface area contributed by atoms with Crippen LogP contribution in [0.15, 0.2) is 0 Å². The molecule has 16 heavy (non-hydrogen) atoms. The number of rotatable bonds is 1. The van der Waals surface area contributed by atoms with E-state index in [1.165, 1.54) is 7.05 Å². The van der Waals surface area contributed by atoms with Crippen LogP contribution in [-0.4, -0.2) is 24.9 Å². The highest BCUT2D eigenvalue weighted by atomic mass is 19.4. The van der Waals surface area contributed by atoms with Gasteiger partial charge >= 0.3 is 12.3 Å². The molecule has 0 aromatic heterocycles. The first-order valence-electron chi connectivity index (χ1n) is 5.18. The van der Waals surface area contributed by atoms with Gasteiger partial charge in [-0.2, -0.15) is 13.2 Å². The van der Waals surface area contributed by atoms with Gasteiger partial charge in [0.1, 0.15) is 0 Å². The summed E-state index contributed by atoms with van der Waals surface area (Å²) in [5, 5.41) is 1.93. The van der Waals surface area contributed by atoms with Crippen LogP contribution >= 0.6 is 0 Å². The van der Waals surface area contributed by atoms with Crippen molar-refractivity contribution in [3.8, 4) is 0 Å². The van der Waals surface area contributed by atoms with Gasteiger partial charge < -0.3 is 10.1 Å². The first-order chi connectivity index (χ1) is 7.20. The Bertz CT molecular complexity index is 179.